The SMILES string of the molecule is CC.O=C1OC(=O)c2cc(Br)ccc21. The zero-order valence-corrected chi connectivity index (χ0v) is 9.42. The van der Waals surface area contributed by atoms with Gasteiger partial charge in [0.1, 0.15) is 0 Å². The quantitative estimate of drug-likeness (QED) is 0.530. The second-order valence-electron chi connectivity index (χ2n) is 2.37. The summed E-state index contributed by atoms with van der Waals surface area (Å²) in [5.74, 6) is -1.14. The third kappa shape index (κ3) is 1.85. The molecule has 0 spiro atoms. The van der Waals surface area contributed by atoms with Crippen molar-refractivity contribution in [1.29, 1.82) is 0 Å². The number of esters is 2. The van der Waals surface area contributed by atoms with Crippen molar-refractivity contribution in [1.82, 2.24) is 0 Å². The van der Waals surface area contributed by atoms with Gasteiger partial charge >= 0.3 is 11.9 Å². The second kappa shape index (κ2) is 4.37. The number of carbonyl (C=O) groups excluding carboxylic acids is 2. The molecule has 4 heteroatoms. The van der Waals surface area contributed by atoms with Crippen LogP contribution in [0.25, 0.3) is 0 Å². The first kappa shape index (κ1) is 10.9. The normalized spacial score (nSPS) is 12.8. The molecule has 74 valence electrons. The summed E-state index contributed by atoms with van der Waals surface area (Å²) in [4.78, 5) is 21.9. The van der Waals surface area contributed by atoms with E-state index in [1.54, 1.807) is 18.2 Å². The summed E-state index contributed by atoms with van der Waals surface area (Å²) in [6, 6.07) is 4.83. The molecule has 14 heavy (non-hydrogen) atoms. The summed E-state index contributed by atoms with van der Waals surface area (Å²) < 4.78 is 5.15. The molecule has 1 aromatic carbocycles. The van der Waals surface area contributed by atoms with Crippen LogP contribution in [0, 0.1) is 0 Å². The second-order valence-corrected chi connectivity index (χ2v) is 3.28. The third-order valence-electron chi connectivity index (χ3n) is 1.61. The first-order chi connectivity index (χ1) is 6.68. The van der Waals surface area contributed by atoms with Gasteiger partial charge in [-0.2, -0.15) is 0 Å². The molecule has 0 radical (unpaired) electrons. The number of rotatable bonds is 0. The van der Waals surface area contributed by atoms with Crippen LogP contribution < -0.4 is 0 Å². The number of ether oxygens (including phenoxy) is 1. The first-order valence-electron chi connectivity index (χ1n) is 4.24. The molecule has 1 heterocycles. The van der Waals surface area contributed by atoms with Crippen molar-refractivity contribution in [2.45, 2.75) is 13.8 Å². The Balaban J connectivity index is 0.000000461. The molecule has 0 saturated carbocycles. The molecule has 1 aromatic rings. The third-order valence-corrected chi connectivity index (χ3v) is 2.10. The number of benzene rings is 1. The number of hydrogen-bond acceptors (Lipinski definition) is 3. The fraction of sp³-hybridized carbons (Fsp3) is 0.200. The Hall–Kier alpha value is -1.16. The van der Waals surface area contributed by atoms with Gasteiger partial charge in [-0.3, -0.25) is 0 Å². The number of carbonyl (C=O) groups is 2. The summed E-state index contributed by atoms with van der Waals surface area (Å²) in [7, 11) is 0. The smallest absolute Gasteiger partial charge is 0.346 e. The highest BCUT2D eigenvalue weighted by molar-refractivity contribution is 9.10. The van der Waals surface area contributed by atoms with Gasteiger partial charge in [0.25, 0.3) is 0 Å². The number of fused-ring (bicyclic) bond motifs is 1. The summed E-state index contributed by atoms with van der Waals surface area (Å²) in [5.41, 5.74) is 0.664. The Kier molecular flexibility index (Phi) is 3.41. The van der Waals surface area contributed by atoms with E-state index in [0.29, 0.717) is 11.1 Å². The van der Waals surface area contributed by atoms with Crippen molar-refractivity contribution >= 4 is 27.9 Å². The topological polar surface area (TPSA) is 43.4 Å². The highest BCUT2D eigenvalue weighted by Crippen LogP contribution is 2.23. The van der Waals surface area contributed by atoms with Gasteiger partial charge in [0.05, 0.1) is 11.1 Å². The molecule has 2 rings (SSSR count). The lowest BCUT2D eigenvalue weighted by molar-refractivity contribution is 0.0444. The fourth-order valence-electron chi connectivity index (χ4n) is 1.06. The first-order valence-corrected chi connectivity index (χ1v) is 5.04. The molecule has 0 aromatic heterocycles. The molecular formula is C10H9BrO3. The monoisotopic (exact) mass is 256 g/mol. The minimum Gasteiger partial charge on any atom is -0.386 e. The molecule has 0 atom stereocenters. The van der Waals surface area contributed by atoms with Crippen molar-refractivity contribution in [3.63, 3.8) is 0 Å². The van der Waals surface area contributed by atoms with Gasteiger partial charge in [-0.1, -0.05) is 29.8 Å². The Morgan fingerprint density at radius 2 is 1.64 bits per heavy atom. The number of halogens is 1. The summed E-state index contributed by atoms with van der Waals surface area (Å²) in [6.45, 7) is 4.00. The molecule has 0 fully saturated rings. The minimum absolute atomic E-state index is 0.328. The summed E-state index contributed by atoms with van der Waals surface area (Å²) in [5, 5.41) is 0. The Bertz CT molecular complexity index is 385. The van der Waals surface area contributed by atoms with Gasteiger partial charge in [-0.15, -0.1) is 0 Å². The molecule has 0 amide bonds. The summed E-state index contributed by atoms with van der Waals surface area (Å²) >= 11 is 3.19. The van der Waals surface area contributed by atoms with E-state index < -0.39 is 11.9 Å². The van der Waals surface area contributed by atoms with Crippen molar-refractivity contribution in [3.05, 3.63) is 33.8 Å². The Labute approximate surface area is 90.2 Å². The predicted octanol–water partition coefficient (Wildman–Crippen LogP) is 2.79. The van der Waals surface area contributed by atoms with Crippen molar-refractivity contribution in [2.75, 3.05) is 0 Å². The van der Waals surface area contributed by atoms with E-state index in [-0.39, 0.29) is 0 Å². The van der Waals surface area contributed by atoms with Gasteiger partial charge in [-0.25, -0.2) is 9.59 Å². The zero-order valence-electron chi connectivity index (χ0n) is 7.83. The summed E-state index contributed by atoms with van der Waals surface area (Å²) in [6.07, 6.45) is 0. The van der Waals surface area contributed by atoms with Crippen LogP contribution >= 0.6 is 15.9 Å². The average molecular weight is 257 g/mol. The fourth-order valence-corrected chi connectivity index (χ4v) is 1.42. The highest BCUT2D eigenvalue weighted by atomic mass is 79.9. The molecule has 1 aliphatic heterocycles. The van der Waals surface area contributed by atoms with Crippen LogP contribution in [0.3, 0.4) is 0 Å². The minimum atomic E-state index is -0.573. The van der Waals surface area contributed by atoms with Crippen LogP contribution in [0.4, 0.5) is 0 Å². The van der Waals surface area contributed by atoms with E-state index in [9.17, 15) is 9.59 Å². The number of cyclic esters (lactones) is 2. The maximum atomic E-state index is 11.0. The average Bonchev–Trinajstić information content (AvgIpc) is 2.46. The molecule has 0 aliphatic carbocycles. The Morgan fingerprint density at radius 1 is 1.07 bits per heavy atom. The van der Waals surface area contributed by atoms with E-state index in [1.807, 2.05) is 13.8 Å². The van der Waals surface area contributed by atoms with E-state index in [1.165, 1.54) is 0 Å². The van der Waals surface area contributed by atoms with Gasteiger partial charge in [0.2, 0.25) is 0 Å². The van der Waals surface area contributed by atoms with Gasteiger partial charge in [-0.05, 0) is 18.2 Å². The zero-order chi connectivity index (χ0) is 10.7. The van der Waals surface area contributed by atoms with Crippen molar-refractivity contribution < 1.29 is 14.3 Å². The Morgan fingerprint density at radius 3 is 2.29 bits per heavy atom. The standard InChI is InChI=1S/C8H3BrO3.C2H6/c9-4-1-2-5-6(3-4)8(11)12-7(5)10;1-2/h1-3H;1-2H3. The molecule has 1 aliphatic rings. The van der Waals surface area contributed by atoms with Crippen molar-refractivity contribution in [2.24, 2.45) is 0 Å². The molecule has 0 N–H and O–H groups in total. The van der Waals surface area contributed by atoms with Crippen LogP contribution in [0.5, 0.6) is 0 Å². The van der Waals surface area contributed by atoms with Crippen LogP contribution in [-0.2, 0) is 4.74 Å². The lowest BCUT2D eigenvalue weighted by Gasteiger charge is -1.91. The molecule has 3 nitrogen and oxygen atoms in total. The van der Waals surface area contributed by atoms with Gasteiger partial charge < -0.3 is 4.74 Å². The lowest BCUT2D eigenvalue weighted by atomic mass is 10.1. The van der Waals surface area contributed by atoms with Crippen LogP contribution in [0.2, 0.25) is 0 Å². The maximum Gasteiger partial charge on any atom is 0.346 e. The van der Waals surface area contributed by atoms with Crippen LogP contribution in [0.1, 0.15) is 34.6 Å². The lowest BCUT2D eigenvalue weighted by Crippen LogP contribution is -1.96. The predicted molar refractivity (Wildman–Crippen MR) is 55.2 cm³/mol. The maximum absolute atomic E-state index is 11.0. The molecule has 0 saturated heterocycles. The highest BCUT2D eigenvalue weighted by Gasteiger charge is 2.29. The number of hydrogen-bond donors (Lipinski definition) is 0. The van der Waals surface area contributed by atoms with E-state index >= 15 is 0 Å². The molecular weight excluding hydrogens is 248 g/mol. The largest absolute Gasteiger partial charge is 0.386 e. The van der Waals surface area contributed by atoms with E-state index in [4.69, 9.17) is 0 Å². The van der Waals surface area contributed by atoms with E-state index in [2.05, 4.69) is 20.7 Å². The van der Waals surface area contributed by atoms with Crippen molar-refractivity contribution in [3.8, 4) is 0 Å². The molecule has 0 bridgehead atoms. The van der Waals surface area contributed by atoms with Crippen LogP contribution in [0.15, 0.2) is 22.7 Å². The molecule has 0 unspecified atom stereocenters. The van der Waals surface area contributed by atoms with E-state index in [0.717, 1.165) is 4.47 Å². The van der Waals surface area contributed by atoms with Crippen LogP contribution in [-0.4, -0.2) is 11.9 Å². The van der Waals surface area contributed by atoms with Gasteiger partial charge in [0, 0.05) is 4.47 Å². The van der Waals surface area contributed by atoms with Gasteiger partial charge in [0.15, 0.2) is 0 Å².